The molecule has 0 bridgehead atoms. The van der Waals surface area contributed by atoms with Crippen molar-refractivity contribution in [3.8, 4) is 11.3 Å². The first-order valence-corrected chi connectivity index (χ1v) is 7.62. The Labute approximate surface area is 130 Å². The van der Waals surface area contributed by atoms with Crippen molar-refractivity contribution in [2.45, 2.75) is 12.8 Å². The van der Waals surface area contributed by atoms with E-state index in [0.717, 1.165) is 29.9 Å². The zero-order chi connectivity index (χ0) is 15.3. The van der Waals surface area contributed by atoms with Crippen molar-refractivity contribution in [3.05, 3.63) is 42.7 Å². The lowest BCUT2D eigenvalue weighted by atomic mass is 9.81. The number of ether oxygens (including phenoxy) is 1. The molecule has 1 aliphatic heterocycles. The zero-order valence-corrected chi connectivity index (χ0v) is 12.5. The highest BCUT2D eigenvalue weighted by Gasteiger charge is 2.32. The van der Waals surface area contributed by atoms with Crippen molar-refractivity contribution in [1.82, 2.24) is 9.97 Å². The summed E-state index contributed by atoms with van der Waals surface area (Å²) < 4.78 is 5.40. The van der Waals surface area contributed by atoms with Crippen LogP contribution in [0, 0.1) is 5.41 Å². The van der Waals surface area contributed by atoms with Gasteiger partial charge in [-0.2, -0.15) is 0 Å². The Bertz CT molecular complexity index is 598. The summed E-state index contributed by atoms with van der Waals surface area (Å²) in [5.74, 6) is 0.757. The number of hydrogen-bond donors (Lipinski definition) is 2. The number of aliphatic hydroxyl groups is 1. The first-order valence-electron chi connectivity index (χ1n) is 7.62. The number of rotatable bonds is 5. The van der Waals surface area contributed by atoms with Crippen molar-refractivity contribution in [1.29, 1.82) is 0 Å². The maximum atomic E-state index is 9.77. The molecule has 1 saturated heterocycles. The van der Waals surface area contributed by atoms with E-state index in [1.165, 1.54) is 0 Å². The Balaban J connectivity index is 1.78. The molecule has 1 aromatic carbocycles. The lowest BCUT2D eigenvalue weighted by molar-refractivity contribution is -0.00861. The molecule has 0 aliphatic carbocycles. The van der Waals surface area contributed by atoms with Crippen molar-refractivity contribution >= 4 is 5.82 Å². The largest absolute Gasteiger partial charge is 0.396 e. The molecular weight excluding hydrogens is 278 g/mol. The fourth-order valence-corrected chi connectivity index (χ4v) is 2.74. The van der Waals surface area contributed by atoms with Gasteiger partial charge in [-0.15, -0.1) is 0 Å². The molecule has 0 amide bonds. The molecule has 0 saturated carbocycles. The maximum absolute atomic E-state index is 9.77. The monoisotopic (exact) mass is 299 g/mol. The van der Waals surface area contributed by atoms with Gasteiger partial charge in [-0.1, -0.05) is 30.3 Å². The van der Waals surface area contributed by atoms with Crippen LogP contribution in [0.3, 0.4) is 0 Å². The number of nitrogens with one attached hydrogen (secondary N) is 1. The number of hydrogen-bond acceptors (Lipinski definition) is 5. The van der Waals surface area contributed by atoms with Crippen molar-refractivity contribution in [3.63, 3.8) is 0 Å². The number of anilines is 1. The minimum atomic E-state index is -0.135. The number of nitrogens with zero attached hydrogens (tertiary/aromatic N) is 2. The van der Waals surface area contributed by atoms with Crippen LogP contribution >= 0.6 is 0 Å². The van der Waals surface area contributed by atoms with E-state index in [-0.39, 0.29) is 12.0 Å². The first-order chi connectivity index (χ1) is 10.8. The summed E-state index contributed by atoms with van der Waals surface area (Å²) in [5, 5.41) is 13.2. The van der Waals surface area contributed by atoms with Crippen molar-refractivity contribution in [2.75, 3.05) is 31.7 Å². The van der Waals surface area contributed by atoms with Gasteiger partial charge in [0.25, 0.3) is 0 Å². The van der Waals surface area contributed by atoms with Gasteiger partial charge in [0.2, 0.25) is 0 Å². The van der Waals surface area contributed by atoms with Gasteiger partial charge in [-0.25, -0.2) is 4.98 Å². The number of benzene rings is 1. The van der Waals surface area contributed by atoms with Crippen LogP contribution in [0.25, 0.3) is 11.3 Å². The average molecular weight is 299 g/mol. The van der Waals surface area contributed by atoms with E-state index in [1.54, 1.807) is 12.4 Å². The summed E-state index contributed by atoms with van der Waals surface area (Å²) in [6.07, 6.45) is 5.10. The topological polar surface area (TPSA) is 67.3 Å². The molecule has 116 valence electrons. The molecule has 0 atom stereocenters. The van der Waals surface area contributed by atoms with Gasteiger partial charge in [-0.3, -0.25) is 4.98 Å². The highest BCUT2D eigenvalue weighted by Crippen LogP contribution is 2.31. The highest BCUT2D eigenvalue weighted by molar-refractivity contribution is 5.70. The van der Waals surface area contributed by atoms with E-state index in [4.69, 9.17) is 4.74 Å². The molecule has 1 fully saturated rings. The second kappa shape index (κ2) is 6.85. The smallest absolute Gasteiger partial charge is 0.152 e. The highest BCUT2D eigenvalue weighted by atomic mass is 16.5. The minimum Gasteiger partial charge on any atom is -0.396 e. The predicted molar refractivity (Wildman–Crippen MR) is 85.5 cm³/mol. The van der Waals surface area contributed by atoms with Gasteiger partial charge in [0.1, 0.15) is 5.69 Å². The molecule has 2 aromatic rings. The third-order valence-electron chi connectivity index (χ3n) is 4.27. The Kier molecular flexibility index (Phi) is 4.65. The quantitative estimate of drug-likeness (QED) is 0.887. The van der Waals surface area contributed by atoms with Crippen LogP contribution in [-0.2, 0) is 4.74 Å². The van der Waals surface area contributed by atoms with Crippen LogP contribution in [0.4, 0.5) is 5.82 Å². The molecule has 2 N–H and O–H groups in total. The zero-order valence-electron chi connectivity index (χ0n) is 12.5. The Morgan fingerprint density at radius 1 is 1.09 bits per heavy atom. The van der Waals surface area contributed by atoms with Crippen molar-refractivity contribution < 1.29 is 9.84 Å². The van der Waals surface area contributed by atoms with E-state index >= 15 is 0 Å². The van der Waals surface area contributed by atoms with Gasteiger partial charge in [0, 0.05) is 43.1 Å². The fraction of sp³-hybridized carbons (Fsp3) is 0.412. The average Bonchev–Trinajstić information content (AvgIpc) is 2.62. The molecule has 2 heterocycles. The number of aliphatic hydroxyl groups excluding tert-OH is 1. The lowest BCUT2D eigenvalue weighted by Gasteiger charge is -2.35. The molecule has 5 heteroatoms. The SMILES string of the molecule is OCC1(CNc2nccnc2-c2ccccc2)CCOCC1. The van der Waals surface area contributed by atoms with Crippen LogP contribution in [-0.4, -0.2) is 41.4 Å². The third kappa shape index (κ3) is 3.26. The van der Waals surface area contributed by atoms with Crippen LogP contribution < -0.4 is 5.32 Å². The Morgan fingerprint density at radius 2 is 1.82 bits per heavy atom. The Hall–Kier alpha value is -1.98. The van der Waals surface area contributed by atoms with Crippen LogP contribution in [0.5, 0.6) is 0 Å². The maximum Gasteiger partial charge on any atom is 0.152 e. The summed E-state index contributed by atoms with van der Waals surface area (Å²) in [7, 11) is 0. The molecule has 22 heavy (non-hydrogen) atoms. The summed E-state index contributed by atoms with van der Waals surface area (Å²) in [6.45, 7) is 2.23. The van der Waals surface area contributed by atoms with E-state index in [0.29, 0.717) is 19.8 Å². The van der Waals surface area contributed by atoms with E-state index in [1.807, 2.05) is 30.3 Å². The fourth-order valence-electron chi connectivity index (χ4n) is 2.74. The molecule has 0 spiro atoms. The number of aromatic nitrogens is 2. The van der Waals surface area contributed by atoms with Gasteiger partial charge >= 0.3 is 0 Å². The lowest BCUT2D eigenvalue weighted by Crippen LogP contribution is -2.39. The van der Waals surface area contributed by atoms with Gasteiger partial charge in [0.05, 0.1) is 6.61 Å². The summed E-state index contributed by atoms with van der Waals surface area (Å²) in [4.78, 5) is 8.87. The van der Waals surface area contributed by atoms with Crippen LogP contribution in [0.15, 0.2) is 42.7 Å². The van der Waals surface area contributed by atoms with E-state index < -0.39 is 0 Å². The molecule has 0 radical (unpaired) electrons. The molecule has 5 nitrogen and oxygen atoms in total. The molecule has 1 aliphatic rings. The standard InChI is InChI=1S/C17H21N3O2/c21-13-17(6-10-22-11-7-17)12-20-16-15(18-8-9-19-16)14-4-2-1-3-5-14/h1-5,8-9,21H,6-7,10-13H2,(H,19,20). The predicted octanol–water partition coefficient (Wildman–Crippen LogP) is 2.34. The van der Waals surface area contributed by atoms with Crippen molar-refractivity contribution in [2.24, 2.45) is 5.41 Å². The molecule has 1 aromatic heterocycles. The van der Waals surface area contributed by atoms with E-state index in [9.17, 15) is 5.11 Å². The van der Waals surface area contributed by atoms with Gasteiger partial charge in [0.15, 0.2) is 5.82 Å². The summed E-state index contributed by atoms with van der Waals surface area (Å²) in [6, 6.07) is 10.00. The normalized spacial score (nSPS) is 17.1. The summed E-state index contributed by atoms with van der Waals surface area (Å²) >= 11 is 0. The Morgan fingerprint density at radius 3 is 2.55 bits per heavy atom. The summed E-state index contributed by atoms with van der Waals surface area (Å²) in [5.41, 5.74) is 1.73. The first kappa shape index (κ1) is 14.9. The van der Waals surface area contributed by atoms with Crippen LogP contribution in [0.2, 0.25) is 0 Å². The van der Waals surface area contributed by atoms with E-state index in [2.05, 4.69) is 15.3 Å². The molecular formula is C17H21N3O2. The second-order valence-corrected chi connectivity index (χ2v) is 5.74. The van der Waals surface area contributed by atoms with Gasteiger partial charge in [-0.05, 0) is 12.8 Å². The second-order valence-electron chi connectivity index (χ2n) is 5.74. The third-order valence-corrected chi connectivity index (χ3v) is 4.27. The molecule has 0 unspecified atom stereocenters. The van der Waals surface area contributed by atoms with Crippen LogP contribution in [0.1, 0.15) is 12.8 Å². The van der Waals surface area contributed by atoms with Gasteiger partial charge < -0.3 is 15.2 Å². The molecule has 3 rings (SSSR count). The minimum absolute atomic E-state index is 0.135.